The average Bonchev–Trinajstić information content (AvgIpc) is 3.04. The summed E-state index contributed by atoms with van der Waals surface area (Å²) in [5, 5.41) is 2.87. The molecule has 0 aliphatic carbocycles. The zero-order chi connectivity index (χ0) is 17.6. The van der Waals surface area contributed by atoms with Crippen molar-refractivity contribution in [2.45, 2.75) is 19.4 Å². The standard InChI is InChI=1S/C19H21N3O3/c1-13(25-15-7-5-6-14(12-15)24-2)19(23)20-11-10-18-21-16-8-3-4-9-17(16)22-18/h3-9,12-13H,10-11H2,1-2H3,(H,20,23)(H,21,22). The van der Waals surface area contributed by atoms with Crippen LogP contribution in [0.5, 0.6) is 11.5 Å². The van der Waals surface area contributed by atoms with Crippen LogP contribution in [0.2, 0.25) is 0 Å². The molecule has 130 valence electrons. The normalized spacial score (nSPS) is 11.9. The van der Waals surface area contributed by atoms with Crippen molar-refractivity contribution in [3.05, 3.63) is 54.4 Å². The first-order valence-electron chi connectivity index (χ1n) is 8.18. The van der Waals surface area contributed by atoms with Crippen LogP contribution >= 0.6 is 0 Å². The minimum atomic E-state index is -0.595. The minimum absolute atomic E-state index is 0.168. The lowest BCUT2D eigenvalue weighted by molar-refractivity contribution is -0.127. The number of hydrogen-bond acceptors (Lipinski definition) is 4. The van der Waals surface area contributed by atoms with E-state index in [0.717, 1.165) is 16.9 Å². The van der Waals surface area contributed by atoms with Gasteiger partial charge in [0.2, 0.25) is 0 Å². The summed E-state index contributed by atoms with van der Waals surface area (Å²) in [6.45, 7) is 2.21. The molecule has 2 aromatic carbocycles. The summed E-state index contributed by atoms with van der Waals surface area (Å²) < 4.78 is 10.8. The van der Waals surface area contributed by atoms with Crippen molar-refractivity contribution in [3.8, 4) is 11.5 Å². The van der Waals surface area contributed by atoms with Crippen molar-refractivity contribution in [1.29, 1.82) is 0 Å². The summed E-state index contributed by atoms with van der Waals surface area (Å²) in [4.78, 5) is 19.9. The van der Waals surface area contributed by atoms with Gasteiger partial charge in [-0.15, -0.1) is 0 Å². The Labute approximate surface area is 146 Å². The number of para-hydroxylation sites is 2. The molecule has 1 atom stereocenters. The van der Waals surface area contributed by atoms with Crippen molar-refractivity contribution in [3.63, 3.8) is 0 Å². The largest absolute Gasteiger partial charge is 0.497 e. The van der Waals surface area contributed by atoms with Gasteiger partial charge in [0.1, 0.15) is 17.3 Å². The number of carbonyl (C=O) groups excluding carboxylic acids is 1. The van der Waals surface area contributed by atoms with Crippen molar-refractivity contribution in [2.24, 2.45) is 0 Å². The fourth-order valence-corrected chi connectivity index (χ4v) is 2.50. The Kier molecular flexibility index (Phi) is 5.18. The van der Waals surface area contributed by atoms with Crippen LogP contribution in [0.3, 0.4) is 0 Å². The number of fused-ring (bicyclic) bond motifs is 1. The first-order valence-corrected chi connectivity index (χ1v) is 8.18. The first kappa shape index (κ1) is 16.8. The maximum absolute atomic E-state index is 12.2. The highest BCUT2D eigenvalue weighted by molar-refractivity contribution is 5.80. The summed E-state index contributed by atoms with van der Waals surface area (Å²) in [6, 6.07) is 15.0. The maximum Gasteiger partial charge on any atom is 0.260 e. The molecule has 0 saturated carbocycles. The lowest BCUT2D eigenvalue weighted by Crippen LogP contribution is -2.37. The number of amides is 1. The van der Waals surface area contributed by atoms with Crippen LogP contribution in [-0.2, 0) is 11.2 Å². The molecular formula is C19H21N3O3. The van der Waals surface area contributed by atoms with Gasteiger partial charge in [-0.2, -0.15) is 0 Å². The van der Waals surface area contributed by atoms with Gasteiger partial charge in [0, 0.05) is 19.0 Å². The number of benzene rings is 2. The molecule has 1 aromatic heterocycles. The van der Waals surface area contributed by atoms with Gasteiger partial charge in [-0.05, 0) is 31.2 Å². The van der Waals surface area contributed by atoms with E-state index in [1.807, 2.05) is 36.4 Å². The minimum Gasteiger partial charge on any atom is -0.497 e. The van der Waals surface area contributed by atoms with Gasteiger partial charge in [0.25, 0.3) is 5.91 Å². The number of rotatable bonds is 7. The van der Waals surface area contributed by atoms with Crippen LogP contribution in [-0.4, -0.2) is 35.6 Å². The SMILES string of the molecule is COc1cccc(OC(C)C(=O)NCCc2nc3ccccc3[nH]2)c1. The second-order valence-electron chi connectivity index (χ2n) is 5.68. The van der Waals surface area contributed by atoms with Crippen LogP contribution < -0.4 is 14.8 Å². The summed E-state index contributed by atoms with van der Waals surface area (Å²) in [5.41, 5.74) is 1.93. The van der Waals surface area contributed by atoms with Crippen molar-refractivity contribution < 1.29 is 14.3 Å². The molecule has 0 saturated heterocycles. The molecule has 1 amide bonds. The third-order valence-corrected chi connectivity index (χ3v) is 3.82. The highest BCUT2D eigenvalue weighted by Gasteiger charge is 2.14. The Balaban J connectivity index is 1.49. The molecule has 6 nitrogen and oxygen atoms in total. The molecule has 0 fully saturated rings. The number of imidazole rings is 1. The molecule has 0 spiro atoms. The molecule has 0 bridgehead atoms. The molecule has 1 unspecified atom stereocenters. The van der Waals surface area contributed by atoms with Crippen LogP contribution in [0.1, 0.15) is 12.7 Å². The lowest BCUT2D eigenvalue weighted by atomic mass is 10.3. The van der Waals surface area contributed by atoms with Crippen LogP contribution in [0.25, 0.3) is 11.0 Å². The number of carbonyl (C=O) groups is 1. The number of aromatic amines is 1. The summed E-state index contributed by atoms with van der Waals surface area (Å²) in [6.07, 6.45) is 0.0366. The second-order valence-corrected chi connectivity index (χ2v) is 5.68. The highest BCUT2D eigenvalue weighted by Crippen LogP contribution is 2.20. The molecule has 6 heteroatoms. The number of methoxy groups -OCH3 is 1. The summed E-state index contributed by atoms with van der Waals surface area (Å²) in [7, 11) is 1.59. The molecule has 0 radical (unpaired) electrons. The van der Waals surface area contributed by atoms with E-state index >= 15 is 0 Å². The van der Waals surface area contributed by atoms with Crippen LogP contribution in [0.15, 0.2) is 48.5 Å². The van der Waals surface area contributed by atoms with E-state index in [2.05, 4.69) is 15.3 Å². The third kappa shape index (κ3) is 4.29. The van der Waals surface area contributed by atoms with Gasteiger partial charge in [-0.1, -0.05) is 18.2 Å². The predicted molar refractivity (Wildman–Crippen MR) is 95.9 cm³/mol. The van der Waals surface area contributed by atoms with Gasteiger partial charge >= 0.3 is 0 Å². The molecule has 3 rings (SSSR count). The molecule has 2 N–H and O–H groups in total. The van der Waals surface area contributed by atoms with Crippen molar-refractivity contribution in [2.75, 3.05) is 13.7 Å². The number of ether oxygens (including phenoxy) is 2. The van der Waals surface area contributed by atoms with Crippen molar-refractivity contribution >= 4 is 16.9 Å². The van der Waals surface area contributed by atoms with E-state index in [9.17, 15) is 4.79 Å². The molecule has 0 aliphatic heterocycles. The topological polar surface area (TPSA) is 76.2 Å². The van der Waals surface area contributed by atoms with Gasteiger partial charge in [-0.25, -0.2) is 4.98 Å². The van der Waals surface area contributed by atoms with Gasteiger partial charge < -0.3 is 19.8 Å². The zero-order valence-corrected chi connectivity index (χ0v) is 14.3. The van der Waals surface area contributed by atoms with E-state index in [1.54, 1.807) is 26.2 Å². The number of nitrogens with one attached hydrogen (secondary N) is 2. The number of hydrogen-bond donors (Lipinski definition) is 2. The average molecular weight is 339 g/mol. The van der Waals surface area contributed by atoms with E-state index in [0.29, 0.717) is 24.5 Å². The zero-order valence-electron chi connectivity index (χ0n) is 14.3. The fraction of sp³-hybridized carbons (Fsp3) is 0.263. The second kappa shape index (κ2) is 7.70. The van der Waals surface area contributed by atoms with E-state index in [1.165, 1.54) is 0 Å². The number of H-pyrrole nitrogens is 1. The van der Waals surface area contributed by atoms with E-state index in [-0.39, 0.29) is 5.91 Å². The Bertz CT molecular complexity index is 827. The summed E-state index contributed by atoms with van der Waals surface area (Å²) >= 11 is 0. The predicted octanol–water partition coefficient (Wildman–Crippen LogP) is 2.70. The van der Waals surface area contributed by atoms with E-state index in [4.69, 9.17) is 9.47 Å². The summed E-state index contributed by atoms with van der Waals surface area (Å²) in [5.74, 6) is 1.97. The highest BCUT2D eigenvalue weighted by atomic mass is 16.5. The van der Waals surface area contributed by atoms with Crippen LogP contribution in [0.4, 0.5) is 0 Å². The molecular weight excluding hydrogens is 318 g/mol. The fourth-order valence-electron chi connectivity index (χ4n) is 2.50. The van der Waals surface area contributed by atoms with Crippen LogP contribution in [0, 0.1) is 0 Å². The Morgan fingerprint density at radius 2 is 2.00 bits per heavy atom. The lowest BCUT2D eigenvalue weighted by Gasteiger charge is -2.15. The first-order chi connectivity index (χ1) is 12.2. The number of aromatic nitrogens is 2. The quantitative estimate of drug-likeness (QED) is 0.694. The monoisotopic (exact) mass is 339 g/mol. The third-order valence-electron chi connectivity index (χ3n) is 3.82. The Morgan fingerprint density at radius 1 is 1.20 bits per heavy atom. The van der Waals surface area contributed by atoms with E-state index < -0.39 is 6.10 Å². The van der Waals surface area contributed by atoms with Gasteiger partial charge in [-0.3, -0.25) is 4.79 Å². The maximum atomic E-state index is 12.2. The molecule has 1 heterocycles. The van der Waals surface area contributed by atoms with Gasteiger partial charge in [0.05, 0.1) is 18.1 Å². The molecule has 3 aromatic rings. The Morgan fingerprint density at radius 3 is 2.80 bits per heavy atom. The number of nitrogens with zero attached hydrogens (tertiary/aromatic N) is 1. The molecule has 0 aliphatic rings. The van der Waals surface area contributed by atoms with Gasteiger partial charge in [0.15, 0.2) is 6.10 Å². The smallest absolute Gasteiger partial charge is 0.260 e. The van der Waals surface area contributed by atoms with Crippen molar-refractivity contribution in [1.82, 2.24) is 15.3 Å². The Hall–Kier alpha value is -3.02. The molecule has 25 heavy (non-hydrogen) atoms.